The van der Waals surface area contributed by atoms with Crippen LogP contribution in [0.4, 0.5) is 5.82 Å². The van der Waals surface area contributed by atoms with Gasteiger partial charge in [0.05, 0.1) is 5.69 Å². The number of rotatable bonds is 2. The van der Waals surface area contributed by atoms with Gasteiger partial charge in [-0.15, -0.1) is 0 Å². The maximum Gasteiger partial charge on any atom is 0.152 e. The van der Waals surface area contributed by atoms with Crippen LogP contribution in [0, 0.1) is 0 Å². The summed E-state index contributed by atoms with van der Waals surface area (Å²) in [5, 5.41) is 0.851. The van der Waals surface area contributed by atoms with Crippen molar-refractivity contribution in [2.45, 2.75) is 31.0 Å². The van der Waals surface area contributed by atoms with E-state index in [2.05, 4.69) is 43.6 Å². The summed E-state index contributed by atoms with van der Waals surface area (Å²) in [6, 6.07) is 6.19. The van der Waals surface area contributed by atoms with Gasteiger partial charge >= 0.3 is 0 Å². The number of nitrogens with zero attached hydrogens (tertiary/aromatic N) is 3. The highest BCUT2D eigenvalue weighted by Gasteiger charge is 2.18. The molecule has 0 radical (unpaired) electrons. The quantitative estimate of drug-likeness (QED) is 0.790. The number of anilines is 1. The second-order valence-electron chi connectivity index (χ2n) is 4.85. The first-order valence-electron chi connectivity index (χ1n) is 6.67. The van der Waals surface area contributed by atoms with Gasteiger partial charge in [0.1, 0.15) is 5.65 Å². The van der Waals surface area contributed by atoms with Crippen molar-refractivity contribution in [1.29, 1.82) is 0 Å². The van der Waals surface area contributed by atoms with Gasteiger partial charge in [-0.05, 0) is 25.0 Å². The van der Waals surface area contributed by atoms with E-state index in [1.54, 1.807) is 0 Å². The van der Waals surface area contributed by atoms with Crippen molar-refractivity contribution >= 4 is 27.4 Å². The lowest BCUT2D eigenvalue weighted by atomic mass is 10.2. The van der Waals surface area contributed by atoms with Crippen LogP contribution in [0.5, 0.6) is 0 Å². The largest absolute Gasteiger partial charge is 0.355 e. The van der Waals surface area contributed by atoms with Crippen molar-refractivity contribution in [1.82, 2.24) is 9.38 Å². The average molecular weight is 308 g/mol. The van der Waals surface area contributed by atoms with Crippen LogP contribution in [-0.4, -0.2) is 22.5 Å². The predicted molar refractivity (Wildman–Crippen MR) is 78.5 cm³/mol. The van der Waals surface area contributed by atoms with E-state index in [1.807, 2.05) is 6.07 Å². The summed E-state index contributed by atoms with van der Waals surface area (Å²) >= 11 is 3.61. The molecule has 18 heavy (non-hydrogen) atoms. The molecule has 0 aromatic carbocycles. The van der Waals surface area contributed by atoms with Crippen LogP contribution in [0.1, 0.15) is 31.4 Å². The molecule has 3 nitrogen and oxygen atoms in total. The zero-order valence-corrected chi connectivity index (χ0v) is 12.1. The number of imidazole rings is 1. The van der Waals surface area contributed by atoms with Crippen molar-refractivity contribution in [3.8, 4) is 0 Å². The van der Waals surface area contributed by atoms with E-state index in [-0.39, 0.29) is 0 Å². The average Bonchev–Trinajstić information content (AvgIpc) is 2.59. The molecule has 2 aromatic rings. The fourth-order valence-electron chi connectivity index (χ4n) is 2.69. The molecule has 1 aliphatic rings. The van der Waals surface area contributed by atoms with Crippen molar-refractivity contribution < 1.29 is 0 Å². The smallest absolute Gasteiger partial charge is 0.152 e. The van der Waals surface area contributed by atoms with Crippen molar-refractivity contribution in [2.24, 2.45) is 0 Å². The molecule has 0 N–H and O–H groups in total. The van der Waals surface area contributed by atoms with Crippen molar-refractivity contribution in [3.05, 3.63) is 30.1 Å². The molecule has 0 saturated carbocycles. The van der Waals surface area contributed by atoms with Gasteiger partial charge in [-0.2, -0.15) is 0 Å². The number of alkyl halides is 1. The van der Waals surface area contributed by atoms with E-state index in [1.165, 1.54) is 37.2 Å². The minimum absolute atomic E-state index is 0.851. The van der Waals surface area contributed by atoms with Crippen LogP contribution >= 0.6 is 15.9 Å². The molecular formula is C14H18BrN3. The van der Waals surface area contributed by atoms with Gasteiger partial charge in [0, 0.05) is 24.6 Å². The third-order valence-corrected chi connectivity index (χ3v) is 4.17. The minimum Gasteiger partial charge on any atom is -0.355 e. The summed E-state index contributed by atoms with van der Waals surface area (Å²) in [5.41, 5.74) is 2.32. The van der Waals surface area contributed by atoms with E-state index in [0.29, 0.717) is 0 Å². The lowest BCUT2D eigenvalue weighted by Crippen LogP contribution is -2.25. The molecule has 3 heterocycles. The summed E-state index contributed by atoms with van der Waals surface area (Å²) in [5.74, 6) is 1.17. The number of aromatic nitrogens is 2. The number of pyridine rings is 1. The Labute approximate surface area is 116 Å². The van der Waals surface area contributed by atoms with Crippen molar-refractivity contribution in [3.63, 3.8) is 0 Å². The van der Waals surface area contributed by atoms with Crippen LogP contribution in [0.3, 0.4) is 0 Å². The molecule has 2 aromatic heterocycles. The van der Waals surface area contributed by atoms with Gasteiger partial charge in [0.15, 0.2) is 5.82 Å². The molecular weight excluding hydrogens is 290 g/mol. The molecule has 0 amide bonds. The van der Waals surface area contributed by atoms with Gasteiger partial charge in [0.25, 0.3) is 0 Å². The number of hydrogen-bond acceptors (Lipinski definition) is 2. The van der Waals surface area contributed by atoms with Crippen LogP contribution in [0.2, 0.25) is 0 Å². The molecule has 4 heteroatoms. The van der Waals surface area contributed by atoms with E-state index in [0.717, 1.165) is 24.1 Å². The summed E-state index contributed by atoms with van der Waals surface area (Å²) in [6.07, 6.45) is 7.38. The first-order valence-corrected chi connectivity index (χ1v) is 7.79. The second-order valence-corrected chi connectivity index (χ2v) is 5.41. The molecule has 1 saturated heterocycles. The Hall–Kier alpha value is -1.03. The third kappa shape index (κ3) is 2.14. The highest BCUT2D eigenvalue weighted by molar-refractivity contribution is 9.08. The number of hydrogen-bond donors (Lipinski definition) is 0. The van der Waals surface area contributed by atoms with Gasteiger partial charge in [-0.1, -0.05) is 34.8 Å². The predicted octanol–water partition coefficient (Wildman–Crippen LogP) is 3.61. The molecule has 1 fully saturated rings. The van der Waals surface area contributed by atoms with Crippen LogP contribution < -0.4 is 4.90 Å². The number of fused-ring (bicyclic) bond motifs is 1. The molecule has 3 rings (SSSR count). The summed E-state index contributed by atoms with van der Waals surface area (Å²) in [6.45, 7) is 2.29. The van der Waals surface area contributed by atoms with Crippen LogP contribution in [0.25, 0.3) is 5.65 Å². The molecule has 0 unspecified atom stereocenters. The zero-order chi connectivity index (χ0) is 12.4. The monoisotopic (exact) mass is 307 g/mol. The van der Waals surface area contributed by atoms with E-state index >= 15 is 0 Å². The Kier molecular flexibility index (Phi) is 3.55. The first kappa shape index (κ1) is 12.0. The Morgan fingerprint density at radius 2 is 1.89 bits per heavy atom. The first-order chi connectivity index (χ1) is 8.90. The fourth-order valence-corrected chi connectivity index (χ4v) is 3.21. The van der Waals surface area contributed by atoms with Gasteiger partial charge in [0.2, 0.25) is 0 Å². The van der Waals surface area contributed by atoms with E-state index < -0.39 is 0 Å². The fraction of sp³-hybridized carbons (Fsp3) is 0.500. The Morgan fingerprint density at radius 3 is 2.61 bits per heavy atom. The molecule has 0 bridgehead atoms. The summed E-state index contributed by atoms with van der Waals surface area (Å²) in [4.78, 5) is 7.26. The van der Waals surface area contributed by atoms with E-state index in [9.17, 15) is 0 Å². The minimum atomic E-state index is 0.851. The molecule has 1 aliphatic heterocycles. The maximum atomic E-state index is 4.81. The van der Waals surface area contributed by atoms with E-state index in [4.69, 9.17) is 4.98 Å². The maximum absolute atomic E-state index is 4.81. The van der Waals surface area contributed by atoms with Crippen LogP contribution in [0.15, 0.2) is 24.4 Å². The topological polar surface area (TPSA) is 20.5 Å². The molecule has 0 aliphatic carbocycles. The second kappa shape index (κ2) is 5.31. The highest BCUT2D eigenvalue weighted by Crippen LogP contribution is 2.26. The molecule has 96 valence electrons. The molecule has 0 spiro atoms. The van der Waals surface area contributed by atoms with Gasteiger partial charge in [-0.3, -0.25) is 0 Å². The molecule has 0 atom stereocenters. The lowest BCUT2D eigenvalue weighted by molar-refractivity contribution is 0.726. The third-order valence-electron chi connectivity index (χ3n) is 3.64. The normalized spacial score (nSPS) is 17.1. The van der Waals surface area contributed by atoms with Gasteiger partial charge < -0.3 is 9.30 Å². The zero-order valence-electron chi connectivity index (χ0n) is 10.5. The van der Waals surface area contributed by atoms with Crippen LogP contribution in [-0.2, 0) is 5.33 Å². The standard InChI is InChI=1S/C14H18BrN3/c15-11-12-14(17-8-4-1-2-5-9-17)16-13-7-3-6-10-18(12)13/h3,6-7,10H,1-2,4-5,8-9,11H2. The lowest BCUT2D eigenvalue weighted by Gasteiger charge is -2.20. The van der Waals surface area contributed by atoms with Crippen molar-refractivity contribution in [2.75, 3.05) is 18.0 Å². The summed E-state index contributed by atoms with van der Waals surface area (Å²) in [7, 11) is 0. The Bertz CT molecular complexity index is 527. The highest BCUT2D eigenvalue weighted by atomic mass is 79.9. The Morgan fingerprint density at radius 1 is 1.11 bits per heavy atom. The number of halogens is 1. The summed E-state index contributed by atoms with van der Waals surface area (Å²) < 4.78 is 2.19. The SMILES string of the molecule is BrCc1c(N2CCCCCC2)nc2ccccn12. The van der Waals surface area contributed by atoms with Gasteiger partial charge in [-0.25, -0.2) is 4.98 Å². The Balaban J connectivity index is 2.04.